The molecule has 4 atom stereocenters. The zero-order chi connectivity index (χ0) is 28.0. The van der Waals surface area contributed by atoms with Gasteiger partial charge < -0.3 is 38.6 Å². The minimum atomic E-state index is -0.490. The van der Waals surface area contributed by atoms with Crippen LogP contribution in [-0.2, 0) is 41.3 Å². The first-order valence-corrected chi connectivity index (χ1v) is 14.2. The van der Waals surface area contributed by atoms with Gasteiger partial charge in [0.15, 0.2) is 0 Å². The van der Waals surface area contributed by atoms with E-state index in [9.17, 15) is 4.79 Å². The first-order valence-electron chi connectivity index (χ1n) is 14.2. The minimum absolute atomic E-state index is 0.0558. The molecule has 1 heterocycles. The molecule has 2 amide bonds. The van der Waals surface area contributed by atoms with Gasteiger partial charge in [0.1, 0.15) is 25.8 Å². The first kappa shape index (κ1) is 30.4. The number of rotatable bonds is 18. The average Bonchev–Trinajstić information content (AvgIpc) is 3.81. The maximum absolute atomic E-state index is 13.9. The van der Waals surface area contributed by atoms with Crippen molar-refractivity contribution in [2.24, 2.45) is 5.92 Å². The number of hydrogen-bond acceptors (Lipinski definition) is 7. The Morgan fingerprint density at radius 3 is 1.85 bits per heavy atom. The van der Waals surface area contributed by atoms with Crippen molar-refractivity contribution < 1.29 is 33.2 Å². The fraction of sp³-hybridized carbons (Fsp3) is 0.581. The van der Waals surface area contributed by atoms with Gasteiger partial charge in [0, 0.05) is 20.8 Å². The van der Waals surface area contributed by atoms with Crippen LogP contribution in [0.1, 0.15) is 24.0 Å². The fourth-order valence-electron chi connectivity index (χ4n) is 5.09. The molecule has 2 aromatic rings. The van der Waals surface area contributed by atoms with Crippen LogP contribution in [0.5, 0.6) is 0 Å². The Kier molecular flexibility index (Phi) is 12.7. The van der Waals surface area contributed by atoms with E-state index in [0.717, 1.165) is 24.0 Å². The zero-order valence-electron chi connectivity index (χ0n) is 23.7. The summed E-state index contributed by atoms with van der Waals surface area (Å²) >= 11 is 0. The lowest BCUT2D eigenvalue weighted by molar-refractivity contribution is -0.187. The molecule has 4 rings (SSSR count). The number of amides is 2. The summed E-state index contributed by atoms with van der Waals surface area (Å²) in [5.74, 6) is 0.505. The summed E-state index contributed by atoms with van der Waals surface area (Å²) in [5, 5.41) is 3.31. The number of carbonyl (C=O) groups excluding carboxylic acids is 1. The van der Waals surface area contributed by atoms with Crippen LogP contribution in [0, 0.1) is 5.92 Å². The Hall–Kier alpha value is -2.53. The van der Waals surface area contributed by atoms with Crippen LogP contribution in [0.25, 0.3) is 0 Å². The van der Waals surface area contributed by atoms with Gasteiger partial charge in [-0.1, -0.05) is 60.7 Å². The van der Waals surface area contributed by atoms with E-state index in [0.29, 0.717) is 51.7 Å². The monoisotopic (exact) mass is 556 g/mol. The molecule has 1 aliphatic carbocycles. The van der Waals surface area contributed by atoms with E-state index in [2.05, 4.69) is 29.6 Å². The van der Waals surface area contributed by atoms with Gasteiger partial charge in [-0.3, -0.25) is 0 Å². The fourth-order valence-corrected chi connectivity index (χ4v) is 5.09. The van der Waals surface area contributed by atoms with Crippen molar-refractivity contribution >= 4 is 6.03 Å². The molecule has 0 bridgehead atoms. The number of nitrogens with one attached hydrogen (secondary N) is 1. The average molecular weight is 557 g/mol. The number of nitrogens with zero attached hydrogens (tertiary/aromatic N) is 1. The van der Waals surface area contributed by atoms with Gasteiger partial charge in [-0.25, -0.2) is 4.79 Å². The SMILES string of the molecule is COCCOCO[C@@H]1[C@@H](OCOCCOC)[C@@H](Cc2ccccc2)NC(=O)N(CC2CC2)[C@@H]1Cc1ccccc1. The molecule has 0 aromatic heterocycles. The Balaban J connectivity index is 1.65. The van der Waals surface area contributed by atoms with Gasteiger partial charge in [-0.05, 0) is 42.7 Å². The molecule has 0 unspecified atom stereocenters. The molecular weight excluding hydrogens is 512 g/mol. The van der Waals surface area contributed by atoms with Gasteiger partial charge >= 0.3 is 6.03 Å². The Bertz CT molecular complexity index is 976. The normalized spacial score (nSPS) is 23.1. The third kappa shape index (κ3) is 9.54. The standard InChI is InChI=1S/C31H44N2O7/c1-35-15-17-37-22-39-29-27(19-24-9-5-3-6-10-24)32-31(34)33(21-26-13-14-26)28(20-25-11-7-4-8-12-25)30(29)40-23-38-18-16-36-2/h3-12,26-30H,13-23H2,1-2H3,(H,32,34)/t27-,28-,29+,30+/m1/s1. The molecule has 2 aliphatic rings. The van der Waals surface area contributed by atoms with Gasteiger partial charge in [0.2, 0.25) is 0 Å². The van der Waals surface area contributed by atoms with Gasteiger partial charge in [0.25, 0.3) is 0 Å². The van der Waals surface area contributed by atoms with Crippen LogP contribution >= 0.6 is 0 Å². The van der Waals surface area contributed by atoms with E-state index in [4.69, 9.17) is 28.4 Å². The quantitative estimate of drug-likeness (QED) is 0.222. The van der Waals surface area contributed by atoms with E-state index < -0.39 is 12.2 Å². The summed E-state index contributed by atoms with van der Waals surface area (Å²) in [6.07, 6.45) is 2.53. The molecule has 9 nitrogen and oxygen atoms in total. The summed E-state index contributed by atoms with van der Waals surface area (Å²) < 4.78 is 34.7. The summed E-state index contributed by atoms with van der Waals surface area (Å²) in [6, 6.07) is 19.7. The molecule has 1 aliphatic heterocycles. The third-order valence-electron chi connectivity index (χ3n) is 7.36. The van der Waals surface area contributed by atoms with Gasteiger partial charge in [0.05, 0.1) is 38.5 Å². The van der Waals surface area contributed by atoms with Crippen LogP contribution in [0.15, 0.2) is 60.7 Å². The summed E-state index contributed by atoms with van der Waals surface area (Å²) in [4.78, 5) is 15.9. The molecule has 2 fully saturated rings. The summed E-state index contributed by atoms with van der Waals surface area (Å²) in [6.45, 7) is 2.56. The second-order valence-corrected chi connectivity index (χ2v) is 10.4. The third-order valence-corrected chi connectivity index (χ3v) is 7.36. The van der Waals surface area contributed by atoms with Crippen molar-refractivity contribution in [3.05, 3.63) is 71.8 Å². The van der Waals surface area contributed by atoms with Crippen LogP contribution in [0.4, 0.5) is 4.79 Å². The lowest BCUT2D eigenvalue weighted by Gasteiger charge is -2.37. The van der Waals surface area contributed by atoms with E-state index in [1.165, 1.54) is 0 Å². The largest absolute Gasteiger partial charge is 0.382 e. The number of hydrogen-bond donors (Lipinski definition) is 1. The van der Waals surface area contributed by atoms with Gasteiger partial charge in [-0.15, -0.1) is 0 Å². The van der Waals surface area contributed by atoms with Crippen LogP contribution in [-0.4, -0.2) is 96.0 Å². The smallest absolute Gasteiger partial charge is 0.318 e. The molecular formula is C31H44N2O7. The lowest BCUT2D eigenvalue weighted by atomic mass is 9.91. The predicted molar refractivity (Wildman–Crippen MR) is 151 cm³/mol. The summed E-state index contributed by atoms with van der Waals surface area (Å²) in [7, 11) is 3.27. The molecule has 220 valence electrons. The maximum atomic E-state index is 13.9. The van der Waals surface area contributed by atoms with Crippen molar-refractivity contribution in [1.29, 1.82) is 0 Å². The second kappa shape index (κ2) is 16.7. The lowest BCUT2D eigenvalue weighted by Crippen LogP contribution is -2.53. The second-order valence-electron chi connectivity index (χ2n) is 10.4. The van der Waals surface area contributed by atoms with Crippen LogP contribution < -0.4 is 5.32 Å². The van der Waals surface area contributed by atoms with Crippen molar-refractivity contribution in [3.63, 3.8) is 0 Å². The first-order chi connectivity index (χ1) is 19.7. The predicted octanol–water partition coefficient (Wildman–Crippen LogP) is 3.66. The highest BCUT2D eigenvalue weighted by Crippen LogP contribution is 2.33. The molecule has 40 heavy (non-hydrogen) atoms. The van der Waals surface area contributed by atoms with E-state index >= 15 is 0 Å². The summed E-state index contributed by atoms with van der Waals surface area (Å²) in [5.41, 5.74) is 2.23. The topological polar surface area (TPSA) is 87.7 Å². The van der Waals surface area contributed by atoms with Crippen molar-refractivity contribution in [3.8, 4) is 0 Å². The number of ether oxygens (including phenoxy) is 6. The number of urea groups is 1. The highest BCUT2D eigenvalue weighted by Gasteiger charge is 2.46. The van der Waals surface area contributed by atoms with E-state index in [1.54, 1.807) is 14.2 Å². The number of benzene rings is 2. The van der Waals surface area contributed by atoms with Crippen molar-refractivity contribution in [2.45, 2.75) is 50.0 Å². The van der Waals surface area contributed by atoms with Crippen LogP contribution in [0.3, 0.4) is 0 Å². The Morgan fingerprint density at radius 1 is 0.750 bits per heavy atom. The number of carbonyl (C=O) groups is 1. The van der Waals surface area contributed by atoms with E-state index in [-0.39, 0.29) is 31.7 Å². The Labute approximate surface area is 238 Å². The number of methoxy groups -OCH3 is 2. The molecule has 2 aromatic carbocycles. The zero-order valence-corrected chi connectivity index (χ0v) is 23.7. The molecule has 0 radical (unpaired) electrons. The molecule has 1 saturated carbocycles. The molecule has 0 spiro atoms. The molecule has 1 saturated heterocycles. The highest BCUT2D eigenvalue weighted by molar-refractivity contribution is 5.76. The maximum Gasteiger partial charge on any atom is 0.318 e. The van der Waals surface area contributed by atoms with Crippen molar-refractivity contribution in [1.82, 2.24) is 10.2 Å². The van der Waals surface area contributed by atoms with Gasteiger partial charge in [-0.2, -0.15) is 0 Å². The minimum Gasteiger partial charge on any atom is -0.382 e. The van der Waals surface area contributed by atoms with E-state index in [1.807, 2.05) is 41.3 Å². The van der Waals surface area contributed by atoms with Crippen LogP contribution in [0.2, 0.25) is 0 Å². The molecule has 1 N–H and O–H groups in total. The Morgan fingerprint density at radius 2 is 1.30 bits per heavy atom. The molecule has 9 heteroatoms. The van der Waals surface area contributed by atoms with Crippen molar-refractivity contribution in [2.75, 3.05) is 60.8 Å². The highest BCUT2D eigenvalue weighted by atomic mass is 16.7.